The van der Waals surface area contributed by atoms with Crippen LogP contribution in [0.2, 0.25) is 0 Å². The lowest BCUT2D eigenvalue weighted by Gasteiger charge is -2.08. The van der Waals surface area contributed by atoms with Gasteiger partial charge in [-0.25, -0.2) is 9.97 Å². The van der Waals surface area contributed by atoms with E-state index in [1.165, 1.54) is 38.5 Å². The maximum absolute atomic E-state index is 5.81. The molecule has 1 aromatic heterocycles. The van der Waals surface area contributed by atoms with E-state index in [1.807, 2.05) is 24.3 Å². The Morgan fingerprint density at radius 2 is 1.24 bits per heavy atom. The zero-order valence-corrected chi connectivity index (χ0v) is 18.1. The van der Waals surface area contributed by atoms with Crippen LogP contribution in [0.15, 0.2) is 36.7 Å². The first-order valence-electron chi connectivity index (χ1n) is 11.1. The number of hydrogen-bond donors (Lipinski definition) is 0. The van der Waals surface area contributed by atoms with Crippen LogP contribution in [0.25, 0.3) is 11.4 Å². The predicted molar refractivity (Wildman–Crippen MR) is 118 cm³/mol. The summed E-state index contributed by atoms with van der Waals surface area (Å²) >= 11 is 0. The van der Waals surface area contributed by atoms with Crippen molar-refractivity contribution in [2.24, 2.45) is 0 Å². The lowest BCUT2D eigenvalue weighted by atomic mass is 10.2. The molecule has 2 aromatic rings. The van der Waals surface area contributed by atoms with E-state index in [4.69, 9.17) is 14.2 Å². The van der Waals surface area contributed by atoms with E-state index in [2.05, 4.69) is 23.8 Å². The fourth-order valence-corrected chi connectivity index (χ4v) is 2.91. The van der Waals surface area contributed by atoms with E-state index in [9.17, 15) is 0 Å². The normalized spacial score (nSPS) is 10.8. The van der Waals surface area contributed by atoms with Crippen LogP contribution in [0.1, 0.15) is 65.2 Å². The summed E-state index contributed by atoms with van der Waals surface area (Å²) in [5, 5.41) is 0. The molecule has 1 heterocycles. The number of hydrogen-bond acceptors (Lipinski definition) is 5. The van der Waals surface area contributed by atoms with Gasteiger partial charge in [0.15, 0.2) is 11.6 Å². The van der Waals surface area contributed by atoms with E-state index in [0.717, 1.165) is 37.4 Å². The number of benzene rings is 1. The number of rotatable bonds is 16. The van der Waals surface area contributed by atoms with Crippen LogP contribution in [0, 0.1) is 0 Å². The van der Waals surface area contributed by atoms with Gasteiger partial charge >= 0.3 is 0 Å². The molecule has 0 atom stereocenters. The van der Waals surface area contributed by atoms with Crippen LogP contribution in [0.4, 0.5) is 0 Å². The molecule has 0 saturated carbocycles. The third kappa shape index (κ3) is 9.75. The van der Waals surface area contributed by atoms with Gasteiger partial charge in [-0.15, -0.1) is 0 Å². The van der Waals surface area contributed by atoms with Crippen LogP contribution in [0.3, 0.4) is 0 Å². The van der Waals surface area contributed by atoms with Gasteiger partial charge in [0.1, 0.15) is 12.4 Å². The SMILES string of the molecule is CCCCCCCOc1ccc(-c2ncc(OCCOCCCCC)cn2)cc1. The molecule has 2 rings (SSSR count). The first-order valence-corrected chi connectivity index (χ1v) is 11.1. The summed E-state index contributed by atoms with van der Waals surface area (Å²) in [6.45, 7) is 7.09. The molecule has 5 heteroatoms. The van der Waals surface area contributed by atoms with Gasteiger partial charge in [-0.2, -0.15) is 0 Å². The molecule has 0 fully saturated rings. The molecule has 0 aliphatic rings. The summed E-state index contributed by atoms with van der Waals surface area (Å²) in [6, 6.07) is 7.94. The van der Waals surface area contributed by atoms with Crippen molar-refractivity contribution < 1.29 is 14.2 Å². The molecule has 0 bridgehead atoms. The minimum atomic E-state index is 0.513. The number of aromatic nitrogens is 2. The maximum atomic E-state index is 5.81. The van der Waals surface area contributed by atoms with Crippen molar-refractivity contribution in [3.05, 3.63) is 36.7 Å². The van der Waals surface area contributed by atoms with Gasteiger partial charge in [-0.1, -0.05) is 52.4 Å². The second kappa shape index (κ2) is 14.8. The summed E-state index contributed by atoms with van der Waals surface area (Å²) in [4.78, 5) is 8.81. The van der Waals surface area contributed by atoms with Crippen LogP contribution in [0.5, 0.6) is 11.5 Å². The van der Waals surface area contributed by atoms with Crippen molar-refractivity contribution in [1.82, 2.24) is 9.97 Å². The molecule has 0 amide bonds. The van der Waals surface area contributed by atoms with Gasteiger partial charge in [0.25, 0.3) is 0 Å². The van der Waals surface area contributed by atoms with Crippen molar-refractivity contribution in [2.75, 3.05) is 26.4 Å². The van der Waals surface area contributed by atoms with Crippen molar-refractivity contribution in [2.45, 2.75) is 65.2 Å². The van der Waals surface area contributed by atoms with Gasteiger partial charge in [-0.05, 0) is 37.1 Å². The first-order chi connectivity index (χ1) is 14.3. The van der Waals surface area contributed by atoms with Crippen LogP contribution in [-0.2, 0) is 4.74 Å². The maximum Gasteiger partial charge on any atom is 0.159 e. The molecule has 160 valence electrons. The lowest BCUT2D eigenvalue weighted by Crippen LogP contribution is -2.08. The first kappa shape index (κ1) is 23.1. The number of nitrogens with zero attached hydrogens (tertiary/aromatic N) is 2. The van der Waals surface area contributed by atoms with Gasteiger partial charge < -0.3 is 14.2 Å². The highest BCUT2D eigenvalue weighted by Crippen LogP contribution is 2.20. The molecular weight excluding hydrogens is 364 g/mol. The van der Waals surface area contributed by atoms with Gasteiger partial charge in [0, 0.05) is 12.2 Å². The van der Waals surface area contributed by atoms with Crippen molar-refractivity contribution in [3.8, 4) is 22.9 Å². The Hall–Kier alpha value is -2.14. The standard InChI is InChI=1S/C24H36N2O3/c1-3-5-7-8-10-16-28-22-13-11-21(12-14-22)24-25-19-23(20-26-24)29-18-17-27-15-9-6-4-2/h11-14,19-20H,3-10,15-18H2,1-2H3. The minimum absolute atomic E-state index is 0.513. The molecule has 0 saturated heterocycles. The summed E-state index contributed by atoms with van der Waals surface area (Å²) < 4.78 is 17.0. The topological polar surface area (TPSA) is 53.5 Å². The molecule has 0 aliphatic heterocycles. The second-order valence-electron chi connectivity index (χ2n) is 7.20. The molecular formula is C24H36N2O3. The molecule has 0 radical (unpaired) electrons. The van der Waals surface area contributed by atoms with Crippen LogP contribution < -0.4 is 9.47 Å². The molecule has 0 N–H and O–H groups in total. The average Bonchev–Trinajstić information content (AvgIpc) is 2.76. The van der Waals surface area contributed by atoms with Crippen molar-refractivity contribution >= 4 is 0 Å². The Labute approximate surface area is 175 Å². The molecule has 5 nitrogen and oxygen atoms in total. The zero-order valence-electron chi connectivity index (χ0n) is 18.1. The fourth-order valence-electron chi connectivity index (χ4n) is 2.91. The number of ether oxygens (including phenoxy) is 3. The lowest BCUT2D eigenvalue weighted by molar-refractivity contribution is 0.0971. The van der Waals surface area contributed by atoms with E-state index >= 15 is 0 Å². The Morgan fingerprint density at radius 3 is 1.97 bits per heavy atom. The average molecular weight is 401 g/mol. The molecule has 0 aliphatic carbocycles. The summed E-state index contributed by atoms with van der Waals surface area (Å²) in [5.41, 5.74) is 0.964. The zero-order chi connectivity index (χ0) is 20.6. The summed E-state index contributed by atoms with van der Waals surface area (Å²) in [6.07, 6.45) is 13.2. The van der Waals surface area contributed by atoms with E-state index < -0.39 is 0 Å². The highest BCUT2D eigenvalue weighted by Gasteiger charge is 2.03. The Bertz CT molecular complexity index is 644. The third-order valence-electron chi connectivity index (χ3n) is 4.65. The Balaban J connectivity index is 1.68. The van der Waals surface area contributed by atoms with E-state index in [0.29, 0.717) is 24.8 Å². The van der Waals surface area contributed by atoms with Crippen LogP contribution >= 0.6 is 0 Å². The van der Waals surface area contributed by atoms with Crippen LogP contribution in [-0.4, -0.2) is 36.4 Å². The molecule has 0 spiro atoms. The Kier molecular flexibility index (Phi) is 11.8. The summed E-state index contributed by atoms with van der Waals surface area (Å²) in [7, 11) is 0. The van der Waals surface area contributed by atoms with E-state index in [-0.39, 0.29) is 0 Å². The highest BCUT2D eigenvalue weighted by molar-refractivity contribution is 5.56. The monoisotopic (exact) mass is 400 g/mol. The third-order valence-corrected chi connectivity index (χ3v) is 4.65. The Morgan fingerprint density at radius 1 is 0.621 bits per heavy atom. The highest BCUT2D eigenvalue weighted by atomic mass is 16.5. The quantitative estimate of drug-likeness (QED) is 0.320. The van der Waals surface area contributed by atoms with Gasteiger partial charge in [-0.3, -0.25) is 0 Å². The molecule has 1 aromatic carbocycles. The largest absolute Gasteiger partial charge is 0.494 e. The van der Waals surface area contributed by atoms with Crippen molar-refractivity contribution in [3.63, 3.8) is 0 Å². The molecule has 0 unspecified atom stereocenters. The smallest absolute Gasteiger partial charge is 0.159 e. The predicted octanol–water partition coefficient (Wildman–Crippen LogP) is 6.08. The molecule has 29 heavy (non-hydrogen) atoms. The van der Waals surface area contributed by atoms with Gasteiger partial charge in [0.2, 0.25) is 0 Å². The minimum Gasteiger partial charge on any atom is -0.494 e. The fraction of sp³-hybridized carbons (Fsp3) is 0.583. The number of unbranched alkanes of at least 4 members (excludes halogenated alkanes) is 6. The van der Waals surface area contributed by atoms with Crippen molar-refractivity contribution in [1.29, 1.82) is 0 Å². The summed E-state index contributed by atoms with van der Waals surface area (Å²) in [5.74, 6) is 2.23. The van der Waals surface area contributed by atoms with Gasteiger partial charge in [0.05, 0.1) is 25.6 Å². The van der Waals surface area contributed by atoms with E-state index in [1.54, 1.807) is 12.4 Å². The second-order valence-corrected chi connectivity index (χ2v) is 7.20.